The third-order valence-corrected chi connectivity index (χ3v) is 8.01. The number of halogens is 2. The number of aromatic carboxylic acids is 1. The summed E-state index contributed by atoms with van der Waals surface area (Å²) in [6, 6.07) is 22.4. The number of piperidine rings is 1. The van der Waals surface area contributed by atoms with Crippen LogP contribution in [-0.2, 0) is 19.1 Å². The number of carbonyl (C=O) groups is 2. The summed E-state index contributed by atoms with van der Waals surface area (Å²) >= 11 is 12.6. The Morgan fingerprint density at radius 1 is 1.03 bits per heavy atom. The molecule has 0 aliphatic carbocycles. The van der Waals surface area contributed by atoms with Crippen LogP contribution in [0.4, 0.5) is 0 Å². The van der Waals surface area contributed by atoms with Gasteiger partial charge in [0.05, 0.1) is 21.1 Å². The Hall–Kier alpha value is -3.32. The highest BCUT2D eigenvalue weighted by molar-refractivity contribution is 6.45. The quantitative estimate of drug-likeness (QED) is 0.312. The second-order valence-electron chi connectivity index (χ2n) is 9.57. The molecule has 2 heterocycles. The van der Waals surface area contributed by atoms with Crippen molar-refractivity contribution in [1.29, 1.82) is 0 Å². The smallest absolute Gasteiger partial charge is 0.336 e. The number of fused-ring (bicyclic) bond motifs is 1. The predicted molar refractivity (Wildman–Crippen MR) is 146 cm³/mol. The number of rotatable bonds is 6. The number of nitrogens with zero attached hydrogens (tertiary/aromatic N) is 2. The lowest BCUT2D eigenvalue weighted by Gasteiger charge is -2.44. The molecule has 0 saturated carbocycles. The number of aryl methyl sites for hydroxylation is 1. The minimum Gasteiger partial charge on any atom is -0.478 e. The molecule has 1 aliphatic heterocycles. The summed E-state index contributed by atoms with van der Waals surface area (Å²) in [7, 11) is 1.81. The van der Waals surface area contributed by atoms with Crippen molar-refractivity contribution in [3.8, 4) is 0 Å². The van der Waals surface area contributed by atoms with Gasteiger partial charge in [0, 0.05) is 31.0 Å². The summed E-state index contributed by atoms with van der Waals surface area (Å²) in [6.07, 6.45) is 1.42. The van der Waals surface area contributed by atoms with Gasteiger partial charge in [0.1, 0.15) is 5.69 Å². The van der Waals surface area contributed by atoms with Crippen LogP contribution in [0.1, 0.15) is 44.8 Å². The molecule has 37 heavy (non-hydrogen) atoms. The Labute approximate surface area is 225 Å². The first kappa shape index (κ1) is 25.3. The molecule has 1 saturated heterocycles. The summed E-state index contributed by atoms with van der Waals surface area (Å²) in [5.41, 5.74) is 2.28. The largest absolute Gasteiger partial charge is 0.478 e. The standard InChI is InChI=1S/C29H27Cl2N3O3/c1-33-24-13-12-23(30)26(31)21(24)16-25(33)27(35)32-29(22-11-6-5-10-20(22)28(36)37)14-7-15-34(18-29)17-19-8-3-2-4-9-19/h2-6,8-13,16H,7,14-15,17-18H2,1H3,(H,32,35)(H,36,37). The molecule has 0 radical (unpaired) electrons. The van der Waals surface area contributed by atoms with Crippen LogP contribution in [0.5, 0.6) is 0 Å². The second kappa shape index (κ2) is 10.2. The molecular weight excluding hydrogens is 509 g/mol. The number of nitrogens with one attached hydrogen (secondary N) is 1. The Morgan fingerprint density at radius 3 is 2.51 bits per heavy atom. The van der Waals surface area contributed by atoms with Gasteiger partial charge in [-0.1, -0.05) is 71.7 Å². The summed E-state index contributed by atoms with van der Waals surface area (Å²) in [6.45, 7) is 2.04. The SMILES string of the molecule is Cn1c(C(=O)NC2(c3ccccc3C(=O)O)CCCN(Cc3ccccc3)C2)cc2c(Cl)c(Cl)ccc21. The maximum atomic E-state index is 13.9. The lowest BCUT2D eigenvalue weighted by molar-refractivity contribution is 0.0662. The van der Waals surface area contributed by atoms with E-state index in [-0.39, 0.29) is 11.5 Å². The van der Waals surface area contributed by atoms with Gasteiger partial charge >= 0.3 is 5.97 Å². The van der Waals surface area contributed by atoms with Crippen LogP contribution >= 0.6 is 23.2 Å². The highest BCUT2D eigenvalue weighted by Gasteiger charge is 2.41. The van der Waals surface area contributed by atoms with Crippen LogP contribution in [0.15, 0.2) is 72.8 Å². The molecule has 1 atom stereocenters. The zero-order valence-electron chi connectivity index (χ0n) is 20.4. The van der Waals surface area contributed by atoms with Gasteiger partial charge in [-0.05, 0) is 54.8 Å². The normalized spacial score (nSPS) is 18.1. The molecule has 0 spiro atoms. The molecule has 190 valence electrons. The topological polar surface area (TPSA) is 74.6 Å². The fraction of sp³-hybridized carbons (Fsp3) is 0.241. The molecule has 6 nitrogen and oxygen atoms in total. The van der Waals surface area contributed by atoms with Gasteiger partial charge in [0.25, 0.3) is 5.91 Å². The van der Waals surface area contributed by atoms with Crippen LogP contribution in [-0.4, -0.2) is 39.5 Å². The monoisotopic (exact) mass is 535 g/mol. The molecule has 3 aromatic carbocycles. The maximum absolute atomic E-state index is 13.9. The van der Waals surface area contributed by atoms with E-state index in [1.54, 1.807) is 28.8 Å². The molecular formula is C29H27Cl2N3O3. The number of hydrogen-bond acceptors (Lipinski definition) is 3. The van der Waals surface area contributed by atoms with E-state index >= 15 is 0 Å². The fourth-order valence-electron chi connectivity index (χ4n) is 5.45. The molecule has 1 amide bonds. The third kappa shape index (κ3) is 4.85. The second-order valence-corrected chi connectivity index (χ2v) is 10.4. The molecule has 5 rings (SSSR count). The van der Waals surface area contributed by atoms with E-state index in [0.717, 1.165) is 24.0 Å². The highest BCUT2D eigenvalue weighted by atomic mass is 35.5. The van der Waals surface area contributed by atoms with E-state index in [4.69, 9.17) is 23.2 Å². The van der Waals surface area contributed by atoms with Crippen molar-refractivity contribution in [2.75, 3.05) is 13.1 Å². The molecule has 1 aromatic heterocycles. The maximum Gasteiger partial charge on any atom is 0.336 e. The van der Waals surface area contributed by atoms with Crippen molar-refractivity contribution >= 4 is 46.0 Å². The lowest BCUT2D eigenvalue weighted by Crippen LogP contribution is -2.56. The molecule has 1 unspecified atom stereocenters. The van der Waals surface area contributed by atoms with Gasteiger partial charge in [-0.3, -0.25) is 9.69 Å². The number of likely N-dealkylation sites (tertiary alicyclic amines) is 1. The summed E-state index contributed by atoms with van der Waals surface area (Å²) in [5.74, 6) is -1.32. The predicted octanol–water partition coefficient (Wildman–Crippen LogP) is 6.10. The molecule has 1 aliphatic rings. The first-order valence-corrected chi connectivity index (χ1v) is 12.9. The van der Waals surface area contributed by atoms with Crippen molar-refractivity contribution < 1.29 is 14.7 Å². The molecule has 8 heteroatoms. The Bertz CT molecular complexity index is 1480. The summed E-state index contributed by atoms with van der Waals surface area (Å²) < 4.78 is 1.79. The van der Waals surface area contributed by atoms with E-state index in [1.165, 1.54) is 0 Å². The first-order chi connectivity index (χ1) is 17.8. The number of carboxylic acids is 1. The highest BCUT2D eigenvalue weighted by Crippen LogP contribution is 2.36. The minimum atomic E-state index is -1.02. The molecule has 4 aromatic rings. The lowest BCUT2D eigenvalue weighted by atomic mass is 9.79. The fourth-order valence-corrected chi connectivity index (χ4v) is 5.82. The van der Waals surface area contributed by atoms with Crippen molar-refractivity contribution in [2.45, 2.75) is 24.9 Å². The van der Waals surface area contributed by atoms with Crippen LogP contribution in [0.2, 0.25) is 10.0 Å². The zero-order valence-corrected chi connectivity index (χ0v) is 21.9. The van der Waals surface area contributed by atoms with Crippen LogP contribution in [0.3, 0.4) is 0 Å². The van der Waals surface area contributed by atoms with E-state index in [9.17, 15) is 14.7 Å². The van der Waals surface area contributed by atoms with Crippen molar-refractivity contribution in [2.24, 2.45) is 7.05 Å². The molecule has 2 N–H and O–H groups in total. The van der Waals surface area contributed by atoms with Crippen LogP contribution < -0.4 is 5.32 Å². The average molecular weight is 536 g/mol. The Balaban J connectivity index is 1.56. The molecule has 1 fully saturated rings. The molecule has 0 bridgehead atoms. The van der Waals surface area contributed by atoms with E-state index in [2.05, 4.69) is 22.3 Å². The van der Waals surface area contributed by atoms with Crippen molar-refractivity contribution in [3.63, 3.8) is 0 Å². The first-order valence-electron chi connectivity index (χ1n) is 12.1. The Kier molecular flexibility index (Phi) is 6.99. The third-order valence-electron chi connectivity index (χ3n) is 7.19. The summed E-state index contributed by atoms with van der Waals surface area (Å²) in [5, 5.41) is 14.8. The number of carboxylic acid groups (broad SMARTS) is 1. The van der Waals surface area contributed by atoms with Gasteiger partial charge in [-0.25, -0.2) is 4.79 Å². The van der Waals surface area contributed by atoms with E-state index in [0.29, 0.717) is 46.2 Å². The number of amides is 1. The minimum absolute atomic E-state index is 0.191. The number of hydrogen-bond donors (Lipinski definition) is 2. The van der Waals surface area contributed by atoms with Gasteiger partial charge in [0.2, 0.25) is 0 Å². The number of benzene rings is 3. The zero-order chi connectivity index (χ0) is 26.2. The van der Waals surface area contributed by atoms with Crippen LogP contribution in [0.25, 0.3) is 10.9 Å². The average Bonchev–Trinajstić information content (AvgIpc) is 3.24. The Morgan fingerprint density at radius 2 is 1.76 bits per heavy atom. The van der Waals surface area contributed by atoms with Gasteiger partial charge in [-0.15, -0.1) is 0 Å². The van der Waals surface area contributed by atoms with Crippen molar-refractivity contribution in [1.82, 2.24) is 14.8 Å². The van der Waals surface area contributed by atoms with Crippen LogP contribution in [0, 0.1) is 0 Å². The number of carbonyl (C=O) groups excluding carboxylic acids is 1. The van der Waals surface area contributed by atoms with E-state index in [1.807, 2.05) is 43.4 Å². The van der Waals surface area contributed by atoms with Gasteiger partial charge in [0.15, 0.2) is 0 Å². The number of aromatic nitrogens is 1. The van der Waals surface area contributed by atoms with Gasteiger partial charge < -0.3 is 15.0 Å². The van der Waals surface area contributed by atoms with Gasteiger partial charge in [-0.2, -0.15) is 0 Å². The van der Waals surface area contributed by atoms with E-state index < -0.39 is 11.5 Å². The summed E-state index contributed by atoms with van der Waals surface area (Å²) in [4.78, 5) is 28.3. The van der Waals surface area contributed by atoms with Crippen molar-refractivity contribution in [3.05, 3.63) is 105 Å².